The van der Waals surface area contributed by atoms with E-state index < -0.39 is 0 Å². The Morgan fingerprint density at radius 3 is 2.30 bits per heavy atom. The summed E-state index contributed by atoms with van der Waals surface area (Å²) in [6, 6.07) is 16.4. The second kappa shape index (κ2) is 6.99. The van der Waals surface area contributed by atoms with Crippen molar-refractivity contribution < 1.29 is 9.47 Å². The van der Waals surface area contributed by atoms with Crippen LogP contribution in [0.2, 0.25) is 0 Å². The Balaban J connectivity index is 1.92. The van der Waals surface area contributed by atoms with Gasteiger partial charge in [0.25, 0.3) is 0 Å². The van der Waals surface area contributed by atoms with Gasteiger partial charge in [0.15, 0.2) is 0 Å². The molecule has 0 bridgehead atoms. The van der Waals surface area contributed by atoms with Crippen LogP contribution < -0.4 is 9.47 Å². The molecule has 0 radical (unpaired) electrons. The summed E-state index contributed by atoms with van der Waals surface area (Å²) in [5, 5.41) is 0. The second-order valence-electron chi connectivity index (χ2n) is 5.14. The largest absolute Gasteiger partial charge is 0.497 e. The van der Waals surface area contributed by atoms with Crippen LogP contribution >= 0.6 is 0 Å². The standard InChI is InChI=1S/C18H22O2/c1-14(2)17-6-4-5-7-18(17)20-13-12-15-8-10-16(19-3)11-9-15/h4-11,14H,12-13H2,1-3H3. The molecule has 20 heavy (non-hydrogen) atoms. The maximum Gasteiger partial charge on any atom is 0.122 e. The van der Waals surface area contributed by atoms with Crippen LogP contribution in [0.15, 0.2) is 48.5 Å². The molecule has 0 amide bonds. The van der Waals surface area contributed by atoms with Gasteiger partial charge in [-0.2, -0.15) is 0 Å². The maximum absolute atomic E-state index is 5.93. The fourth-order valence-corrected chi connectivity index (χ4v) is 2.16. The molecule has 0 aliphatic rings. The third-order valence-electron chi connectivity index (χ3n) is 3.35. The molecule has 0 unspecified atom stereocenters. The van der Waals surface area contributed by atoms with Gasteiger partial charge in [0.2, 0.25) is 0 Å². The van der Waals surface area contributed by atoms with Crippen molar-refractivity contribution in [1.29, 1.82) is 0 Å². The molecule has 0 atom stereocenters. The molecule has 106 valence electrons. The van der Waals surface area contributed by atoms with Gasteiger partial charge < -0.3 is 9.47 Å². The van der Waals surface area contributed by atoms with Crippen molar-refractivity contribution in [1.82, 2.24) is 0 Å². The average Bonchev–Trinajstić information content (AvgIpc) is 2.48. The first-order chi connectivity index (χ1) is 9.70. The van der Waals surface area contributed by atoms with Crippen LogP contribution in [0, 0.1) is 0 Å². The van der Waals surface area contributed by atoms with Gasteiger partial charge in [-0.15, -0.1) is 0 Å². The molecule has 0 N–H and O–H groups in total. The summed E-state index contributed by atoms with van der Waals surface area (Å²) in [5.74, 6) is 2.36. The highest BCUT2D eigenvalue weighted by molar-refractivity contribution is 5.35. The van der Waals surface area contributed by atoms with E-state index in [2.05, 4.69) is 38.1 Å². The van der Waals surface area contributed by atoms with Gasteiger partial charge in [-0.25, -0.2) is 0 Å². The van der Waals surface area contributed by atoms with Crippen LogP contribution in [0.3, 0.4) is 0 Å². The molecule has 0 aliphatic heterocycles. The predicted molar refractivity (Wildman–Crippen MR) is 82.7 cm³/mol. The Morgan fingerprint density at radius 1 is 0.950 bits per heavy atom. The van der Waals surface area contributed by atoms with Crippen molar-refractivity contribution in [3.05, 3.63) is 59.7 Å². The highest BCUT2D eigenvalue weighted by Gasteiger charge is 2.06. The molecule has 2 rings (SSSR count). The van der Waals surface area contributed by atoms with Crippen molar-refractivity contribution in [3.8, 4) is 11.5 Å². The van der Waals surface area contributed by atoms with Gasteiger partial charge in [0, 0.05) is 6.42 Å². The fraction of sp³-hybridized carbons (Fsp3) is 0.333. The van der Waals surface area contributed by atoms with Crippen molar-refractivity contribution in [2.75, 3.05) is 13.7 Å². The van der Waals surface area contributed by atoms with Crippen LogP contribution in [0.1, 0.15) is 30.9 Å². The average molecular weight is 270 g/mol. The Kier molecular flexibility index (Phi) is 5.05. The molecule has 2 aromatic carbocycles. The molecule has 2 aromatic rings. The van der Waals surface area contributed by atoms with E-state index in [4.69, 9.17) is 9.47 Å². The number of hydrogen-bond donors (Lipinski definition) is 0. The summed E-state index contributed by atoms with van der Waals surface area (Å²) in [4.78, 5) is 0. The smallest absolute Gasteiger partial charge is 0.122 e. The fourth-order valence-electron chi connectivity index (χ4n) is 2.16. The van der Waals surface area contributed by atoms with Crippen LogP contribution in [-0.2, 0) is 6.42 Å². The number of para-hydroxylation sites is 1. The first-order valence-electron chi connectivity index (χ1n) is 7.05. The molecule has 0 aromatic heterocycles. The summed E-state index contributed by atoms with van der Waals surface area (Å²) in [6.45, 7) is 5.06. The highest BCUT2D eigenvalue weighted by atomic mass is 16.5. The number of methoxy groups -OCH3 is 1. The lowest BCUT2D eigenvalue weighted by molar-refractivity contribution is 0.317. The molecular weight excluding hydrogens is 248 g/mol. The molecule has 0 saturated heterocycles. The number of hydrogen-bond acceptors (Lipinski definition) is 2. The molecular formula is C18H22O2. The minimum Gasteiger partial charge on any atom is -0.497 e. The van der Waals surface area contributed by atoms with E-state index in [-0.39, 0.29) is 0 Å². The molecule has 0 aliphatic carbocycles. The lowest BCUT2D eigenvalue weighted by Gasteiger charge is -2.13. The van der Waals surface area contributed by atoms with Crippen LogP contribution in [-0.4, -0.2) is 13.7 Å². The summed E-state index contributed by atoms with van der Waals surface area (Å²) in [6.07, 6.45) is 0.899. The summed E-state index contributed by atoms with van der Waals surface area (Å²) < 4.78 is 11.1. The Morgan fingerprint density at radius 2 is 1.65 bits per heavy atom. The minimum atomic E-state index is 0.479. The van der Waals surface area contributed by atoms with Crippen molar-refractivity contribution >= 4 is 0 Å². The van der Waals surface area contributed by atoms with E-state index >= 15 is 0 Å². The highest BCUT2D eigenvalue weighted by Crippen LogP contribution is 2.25. The third kappa shape index (κ3) is 3.77. The normalized spacial score (nSPS) is 10.6. The van der Waals surface area contributed by atoms with Gasteiger partial charge in [-0.1, -0.05) is 44.2 Å². The molecule has 0 heterocycles. The summed E-state index contributed by atoms with van der Waals surface area (Å²) >= 11 is 0. The number of ether oxygens (including phenoxy) is 2. The molecule has 2 heteroatoms. The lowest BCUT2D eigenvalue weighted by atomic mass is 10.0. The van der Waals surface area contributed by atoms with E-state index in [9.17, 15) is 0 Å². The van der Waals surface area contributed by atoms with E-state index in [1.54, 1.807) is 7.11 Å². The predicted octanol–water partition coefficient (Wildman–Crippen LogP) is 4.44. The van der Waals surface area contributed by atoms with Crippen molar-refractivity contribution in [3.63, 3.8) is 0 Å². The van der Waals surface area contributed by atoms with Crippen molar-refractivity contribution in [2.45, 2.75) is 26.2 Å². The third-order valence-corrected chi connectivity index (χ3v) is 3.35. The van der Waals surface area contributed by atoms with E-state index in [0.717, 1.165) is 17.9 Å². The van der Waals surface area contributed by atoms with Crippen LogP contribution in [0.4, 0.5) is 0 Å². The van der Waals surface area contributed by atoms with Gasteiger partial charge in [0.05, 0.1) is 13.7 Å². The Labute approximate surface area is 121 Å². The topological polar surface area (TPSA) is 18.5 Å². The van der Waals surface area contributed by atoms with Gasteiger partial charge in [-0.05, 0) is 35.2 Å². The number of rotatable bonds is 6. The lowest BCUT2D eigenvalue weighted by Crippen LogP contribution is -2.04. The van der Waals surface area contributed by atoms with Gasteiger partial charge in [0.1, 0.15) is 11.5 Å². The van der Waals surface area contributed by atoms with Gasteiger partial charge >= 0.3 is 0 Å². The van der Waals surface area contributed by atoms with Crippen molar-refractivity contribution in [2.24, 2.45) is 0 Å². The van der Waals surface area contributed by atoms with Crippen LogP contribution in [0.5, 0.6) is 11.5 Å². The van der Waals surface area contributed by atoms with Gasteiger partial charge in [-0.3, -0.25) is 0 Å². The molecule has 0 spiro atoms. The van der Waals surface area contributed by atoms with E-state index in [1.165, 1.54) is 11.1 Å². The Bertz CT molecular complexity index is 529. The zero-order valence-corrected chi connectivity index (χ0v) is 12.4. The van der Waals surface area contributed by atoms with E-state index in [1.807, 2.05) is 24.3 Å². The monoisotopic (exact) mass is 270 g/mol. The van der Waals surface area contributed by atoms with Crippen LogP contribution in [0.25, 0.3) is 0 Å². The Hall–Kier alpha value is -1.96. The molecule has 0 saturated carbocycles. The summed E-state index contributed by atoms with van der Waals surface area (Å²) in [7, 11) is 1.68. The zero-order chi connectivity index (χ0) is 14.4. The first kappa shape index (κ1) is 14.4. The molecule has 0 fully saturated rings. The second-order valence-corrected chi connectivity index (χ2v) is 5.14. The SMILES string of the molecule is COc1ccc(CCOc2ccccc2C(C)C)cc1. The quantitative estimate of drug-likeness (QED) is 0.772. The number of benzene rings is 2. The summed E-state index contributed by atoms with van der Waals surface area (Å²) in [5.41, 5.74) is 2.52. The maximum atomic E-state index is 5.93. The first-order valence-corrected chi connectivity index (χ1v) is 7.05. The molecule has 2 nitrogen and oxygen atoms in total. The van der Waals surface area contributed by atoms with E-state index in [0.29, 0.717) is 12.5 Å². The zero-order valence-electron chi connectivity index (χ0n) is 12.4. The minimum absolute atomic E-state index is 0.479.